The molecule has 2 aromatic rings. The molecule has 2 aromatic carbocycles. The van der Waals surface area contributed by atoms with Crippen LogP contribution in [-0.2, 0) is 13.2 Å². The summed E-state index contributed by atoms with van der Waals surface area (Å²) >= 11 is 2.18. The molecule has 4 heteroatoms. The third-order valence-electron chi connectivity index (χ3n) is 2.71. The Morgan fingerprint density at radius 3 is 2.58 bits per heavy atom. The molecule has 0 aliphatic carbocycles. The van der Waals surface area contributed by atoms with Crippen LogP contribution in [0.4, 0.5) is 0 Å². The third kappa shape index (κ3) is 4.04. The molecular weight excluding hydrogens is 353 g/mol. The number of hydrogen-bond donors (Lipinski definition) is 2. The summed E-state index contributed by atoms with van der Waals surface area (Å²) in [5.74, 6) is -0.0899. The van der Waals surface area contributed by atoms with Gasteiger partial charge in [-0.3, -0.25) is 4.79 Å². The summed E-state index contributed by atoms with van der Waals surface area (Å²) in [4.78, 5) is 12.0. The Labute approximate surface area is 125 Å². The highest BCUT2D eigenvalue weighted by atomic mass is 127. The lowest BCUT2D eigenvalue weighted by atomic mass is 10.1. The predicted molar refractivity (Wildman–Crippen MR) is 82.7 cm³/mol. The van der Waals surface area contributed by atoms with Gasteiger partial charge in [-0.1, -0.05) is 30.3 Å². The van der Waals surface area contributed by atoms with E-state index in [0.29, 0.717) is 12.1 Å². The van der Waals surface area contributed by atoms with E-state index < -0.39 is 0 Å². The molecule has 0 fully saturated rings. The number of carbonyl (C=O) groups is 1. The molecule has 0 spiro atoms. The number of benzene rings is 2. The number of amides is 1. The first kappa shape index (κ1) is 14.0. The smallest absolute Gasteiger partial charge is 0.251 e. The van der Waals surface area contributed by atoms with Crippen molar-refractivity contribution >= 4 is 28.5 Å². The molecule has 1 amide bonds. The van der Waals surface area contributed by atoms with Crippen molar-refractivity contribution in [3.05, 3.63) is 68.8 Å². The Bertz CT molecular complexity index is 584. The summed E-state index contributed by atoms with van der Waals surface area (Å²) in [7, 11) is 0. The second-order valence-corrected chi connectivity index (χ2v) is 5.42. The van der Waals surface area contributed by atoms with Gasteiger partial charge in [-0.25, -0.2) is 0 Å². The van der Waals surface area contributed by atoms with E-state index in [1.807, 2.05) is 42.5 Å². The zero-order valence-corrected chi connectivity index (χ0v) is 12.4. The van der Waals surface area contributed by atoms with E-state index in [9.17, 15) is 4.79 Å². The number of rotatable bonds is 4. The molecule has 0 saturated carbocycles. The van der Waals surface area contributed by atoms with E-state index in [2.05, 4.69) is 27.9 Å². The maximum atomic E-state index is 12.0. The third-order valence-corrected chi connectivity index (χ3v) is 3.38. The standard InChI is InChI=1S/C15H14INO2/c16-14-6-2-5-13(8-14)15(19)17-9-11-3-1-4-12(7-11)10-18/h1-8,18H,9-10H2,(H,17,19). The van der Waals surface area contributed by atoms with Crippen molar-refractivity contribution in [1.29, 1.82) is 0 Å². The molecule has 0 radical (unpaired) electrons. The summed E-state index contributed by atoms with van der Waals surface area (Å²) in [5, 5.41) is 11.9. The number of carbonyl (C=O) groups excluding carboxylic acids is 1. The van der Waals surface area contributed by atoms with Crippen molar-refractivity contribution in [2.75, 3.05) is 0 Å². The summed E-state index contributed by atoms with van der Waals surface area (Å²) in [6.07, 6.45) is 0. The lowest BCUT2D eigenvalue weighted by Crippen LogP contribution is -2.22. The van der Waals surface area contributed by atoms with Gasteiger partial charge in [0.15, 0.2) is 0 Å². The van der Waals surface area contributed by atoms with E-state index in [0.717, 1.165) is 14.7 Å². The zero-order chi connectivity index (χ0) is 13.7. The Kier molecular flexibility index (Phi) is 4.93. The van der Waals surface area contributed by atoms with E-state index in [-0.39, 0.29) is 12.5 Å². The molecule has 98 valence electrons. The van der Waals surface area contributed by atoms with Gasteiger partial charge in [0.05, 0.1) is 6.61 Å². The molecule has 0 bridgehead atoms. The van der Waals surface area contributed by atoms with Crippen LogP contribution in [0.5, 0.6) is 0 Å². The molecule has 3 nitrogen and oxygen atoms in total. The molecule has 0 saturated heterocycles. The molecular formula is C15H14INO2. The highest BCUT2D eigenvalue weighted by Crippen LogP contribution is 2.09. The van der Waals surface area contributed by atoms with Gasteiger partial charge in [-0.2, -0.15) is 0 Å². The van der Waals surface area contributed by atoms with Crippen molar-refractivity contribution in [3.8, 4) is 0 Å². The lowest BCUT2D eigenvalue weighted by Gasteiger charge is -2.07. The van der Waals surface area contributed by atoms with Gasteiger partial charge in [-0.05, 0) is 51.9 Å². The summed E-state index contributed by atoms with van der Waals surface area (Å²) in [5.41, 5.74) is 2.48. The Hall–Kier alpha value is -1.40. The largest absolute Gasteiger partial charge is 0.392 e. The van der Waals surface area contributed by atoms with Crippen LogP contribution in [-0.4, -0.2) is 11.0 Å². The second kappa shape index (κ2) is 6.68. The van der Waals surface area contributed by atoms with Crippen molar-refractivity contribution in [1.82, 2.24) is 5.32 Å². The van der Waals surface area contributed by atoms with Crippen LogP contribution in [0.15, 0.2) is 48.5 Å². The SMILES string of the molecule is O=C(NCc1cccc(CO)c1)c1cccc(I)c1. The molecule has 0 aliphatic heterocycles. The minimum Gasteiger partial charge on any atom is -0.392 e. The van der Waals surface area contributed by atoms with E-state index in [1.165, 1.54) is 0 Å². The first-order valence-corrected chi connectivity index (χ1v) is 6.99. The van der Waals surface area contributed by atoms with E-state index >= 15 is 0 Å². The summed E-state index contributed by atoms with van der Waals surface area (Å²) < 4.78 is 1.03. The van der Waals surface area contributed by atoms with Gasteiger partial charge in [0, 0.05) is 15.7 Å². The van der Waals surface area contributed by atoms with Gasteiger partial charge in [-0.15, -0.1) is 0 Å². The zero-order valence-electron chi connectivity index (χ0n) is 10.3. The van der Waals surface area contributed by atoms with Crippen LogP contribution in [0.2, 0.25) is 0 Å². The maximum Gasteiger partial charge on any atom is 0.251 e. The number of nitrogens with one attached hydrogen (secondary N) is 1. The maximum absolute atomic E-state index is 12.0. The van der Waals surface area contributed by atoms with Crippen molar-refractivity contribution in [3.63, 3.8) is 0 Å². The normalized spacial score (nSPS) is 10.2. The molecule has 2 N–H and O–H groups in total. The Morgan fingerprint density at radius 1 is 1.11 bits per heavy atom. The van der Waals surface area contributed by atoms with Crippen LogP contribution in [0.25, 0.3) is 0 Å². The van der Waals surface area contributed by atoms with Crippen LogP contribution in [0.1, 0.15) is 21.5 Å². The van der Waals surface area contributed by atoms with E-state index in [1.54, 1.807) is 6.07 Å². The van der Waals surface area contributed by atoms with E-state index in [4.69, 9.17) is 5.11 Å². The van der Waals surface area contributed by atoms with Gasteiger partial charge < -0.3 is 10.4 Å². The minimum atomic E-state index is -0.0899. The van der Waals surface area contributed by atoms with Crippen molar-refractivity contribution < 1.29 is 9.90 Å². The van der Waals surface area contributed by atoms with Gasteiger partial charge in [0.1, 0.15) is 0 Å². The first-order valence-electron chi connectivity index (χ1n) is 5.91. The van der Waals surface area contributed by atoms with Crippen LogP contribution < -0.4 is 5.32 Å². The number of hydrogen-bond acceptors (Lipinski definition) is 2. The van der Waals surface area contributed by atoms with Crippen LogP contribution in [0, 0.1) is 3.57 Å². The fourth-order valence-electron chi connectivity index (χ4n) is 1.75. The van der Waals surface area contributed by atoms with Crippen molar-refractivity contribution in [2.24, 2.45) is 0 Å². The van der Waals surface area contributed by atoms with Gasteiger partial charge in [0.2, 0.25) is 0 Å². The molecule has 19 heavy (non-hydrogen) atoms. The molecule has 0 aliphatic rings. The molecule has 0 atom stereocenters. The molecule has 0 unspecified atom stereocenters. The quantitative estimate of drug-likeness (QED) is 0.817. The van der Waals surface area contributed by atoms with Gasteiger partial charge >= 0.3 is 0 Å². The first-order chi connectivity index (χ1) is 9.19. The number of aliphatic hydroxyl groups is 1. The summed E-state index contributed by atoms with van der Waals surface area (Å²) in [6, 6.07) is 15.0. The molecule has 2 rings (SSSR count). The highest BCUT2D eigenvalue weighted by molar-refractivity contribution is 14.1. The van der Waals surface area contributed by atoms with Gasteiger partial charge in [0.25, 0.3) is 5.91 Å². The van der Waals surface area contributed by atoms with Crippen LogP contribution in [0.3, 0.4) is 0 Å². The fraction of sp³-hybridized carbons (Fsp3) is 0.133. The molecule has 0 aromatic heterocycles. The topological polar surface area (TPSA) is 49.3 Å². The number of halogens is 1. The fourth-order valence-corrected chi connectivity index (χ4v) is 2.30. The number of aliphatic hydroxyl groups excluding tert-OH is 1. The Balaban J connectivity index is 2.00. The van der Waals surface area contributed by atoms with Crippen molar-refractivity contribution in [2.45, 2.75) is 13.2 Å². The average Bonchev–Trinajstić information content (AvgIpc) is 2.45. The highest BCUT2D eigenvalue weighted by Gasteiger charge is 2.05. The Morgan fingerprint density at radius 2 is 1.84 bits per heavy atom. The molecule has 0 heterocycles. The lowest BCUT2D eigenvalue weighted by molar-refractivity contribution is 0.0951. The summed E-state index contributed by atoms with van der Waals surface area (Å²) in [6.45, 7) is 0.469. The minimum absolute atomic E-state index is 0.0126. The average molecular weight is 367 g/mol. The monoisotopic (exact) mass is 367 g/mol. The predicted octanol–water partition coefficient (Wildman–Crippen LogP) is 2.71. The van der Waals surface area contributed by atoms with Crippen LogP contribution >= 0.6 is 22.6 Å². The second-order valence-electron chi connectivity index (χ2n) is 4.17.